The number of amides is 1. The number of hydrogen-bond donors (Lipinski definition) is 3. The van der Waals surface area contributed by atoms with Crippen molar-refractivity contribution in [2.24, 2.45) is 5.92 Å². The number of aromatic nitrogens is 1. The molecule has 1 rings (SSSR count). The van der Waals surface area contributed by atoms with E-state index in [0.717, 1.165) is 0 Å². The normalized spacial score (nSPS) is 11.8. The summed E-state index contributed by atoms with van der Waals surface area (Å²) in [5.74, 6) is -1.90. The number of nitrogens with one attached hydrogen (secondary N) is 1. The van der Waals surface area contributed by atoms with Gasteiger partial charge in [0.2, 0.25) is 0 Å². The maximum Gasteiger partial charge on any atom is 0.306 e. The van der Waals surface area contributed by atoms with Gasteiger partial charge in [0, 0.05) is 12.7 Å². The molecule has 1 amide bonds. The molecule has 1 heterocycles. The topological polar surface area (TPSA) is 99.5 Å². The van der Waals surface area contributed by atoms with Crippen LogP contribution >= 0.6 is 0 Å². The van der Waals surface area contributed by atoms with Crippen molar-refractivity contribution >= 4 is 11.9 Å². The van der Waals surface area contributed by atoms with Crippen LogP contribution in [0.4, 0.5) is 0 Å². The molecular weight excluding hydrogens is 236 g/mol. The Morgan fingerprint density at radius 1 is 1.50 bits per heavy atom. The van der Waals surface area contributed by atoms with Gasteiger partial charge < -0.3 is 15.5 Å². The van der Waals surface area contributed by atoms with E-state index in [4.69, 9.17) is 5.11 Å². The first kappa shape index (κ1) is 14.0. The van der Waals surface area contributed by atoms with Crippen LogP contribution in [0.2, 0.25) is 0 Å². The molecule has 1 atom stereocenters. The maximum atomic E-state index is 11.6. The Morgan fingerprint density at radius 2 is 2.22 bits per heavy atom. The van der Waals surface area contributed by atoms with Crippen LogP contribution in [0, 0.1) is 5.92 Å². The van der Waals surface area contributed by atoms with Gasteiger partial charge >= 0.3 is 5.97 Å². The van der Waals surface area contributed by atoms with Gasteiger partial charge in [-0.3, -0.25) is 9.59 Å². The lowest BCUT2D eigenvalue weighted by Crippen LogP contribution is -2.26. The molecule has 0 bridgehead atoms. The SMILES string of the molecule is CC(CCCNC(=O)c1ncccc1O)C(=O)O. The van der Waals surface area contributed by atoms with Crippen molar-refractivity contribution in [3.8, 4) is 5.75 Å². The van der Waals surface area contributed by atoms with Crippen LogP contribution < -0.4 is 5.32 Å². The van der Waals surface area contributed by atoms with E-state index in [2.05, 4.69) is 10.3 Å². The molecule has 0 saturated carbocycles. The number of carboxylic acid groups (broad SMARTS) is 1. The lowest BCUT2D eigenvalue weighted by Gasteiger charge is -2.07. The summed E-state index contributed by atoms with van der Waals surface area (Å²) in [4.78, 5) is 25.9. The lowest BCUT2D eigenvalue weighted by molar-refractivity contribution is -0.141. The predicted molar refractivity (Wildman–Crippen MR) is 64.3 cm³/mol. The fourth-order valence-corrected chi connectivity index (χ4v) is 1.39. The Kier molecular flexibility index (Phi) is 5.10. The summed E-state index contributed by atoms with van der Waals surface area (Å²) in [6, 6.07) is 2.91. The van der Waals surface area contributed by atoms with E-state index in [1.165, 1.54) is 18.3 Å². The van der Waals surface area contributed by atoms with Gasteiger partial charge in [0.1, 0.15) is 5.75 Å². The third kappa shape index (κ3) is 4.04. The number of nitrogens with zero attached hydrogens (tertiary/aromatic N) is 1. The molecule has 6 heteroatoms. The summed E-state index contributed by atoms with van der Waals surface area (Å²) in [6.45, 7) is 1.97. The fraction of sp³-hybridized carbons (Fsp3) is 0.417. The monoisotopic (exact) mass is 252 g/mol. The average molecular weight is 252 g/mol. The van der Waals surface area contributed by atoms with Gasteiger partial charge in [0.05, 0.1) is 5.92 Å². The molecule has 1 unspecified atom stereocenters. The molecule has 18 heavy (non-hydrogen) atoms. The molecule has 1 aromatic heterocycles. The molecule has 0 aliphatic rings. The van der Waals surface area contributed by atoms with Crippen LogP contribution in [0.15, 0.2) is 18.3 Å². The second kappa shape index (κ2) is 6.58. The minimum absolute atomic E-state index is 0.0243. The van der Waals surface area contributed by atoms with Crippen LogP contribution in [0.3, 0.4) is 0 Å². The van der Waals surface area contributed by atoms with Gasteiger partial charge in [-0.05, 0) is 25.0 Å². The molecule has 6 nitrogen and oxygen atoms in total. The van der Waals surface area contributed by atoms with Gasteiger partial charge in [0.25, 0.3) is 5.91 Å². The number of carbonyl (C=O) groups excluding carboxylic acids is 1. The summed E-state index contributed by atoms with van der Waals surface area (Å²) < 4.78 is 0. The number of aliphatic carboxylic acids is 1. The highest BCUT2D eigenvalue weighted by Gasteiger charge is 2.13. The van der Waals surface area contributed by atoms with Crippen LogP contribution in [-0.4, -0.2) is 33.6 Å². The van der Waals surface area contributed by atoms with E-state index >= 15 is 0 Å². The Labute approximate surface area is 105 Å². The second-order valence-electron chi connectivity index (χ2n) is 4.01. The summed E-state index contributed by atoms with van der Waals surface area (Å²) in [5.41, 5.74) is -0.0243. The first-order chi connectivity index (χ1) is 8.52. The van der Waals surface area contributed by atoms with Crippen LogP contribution in [0.5, 0.6) is 5.75 Å². The summed E-state index contributed by atoms with van der Waals surface area (Å²) >= 11 is 0. The summed E-state index contributed by atoms with van der Waals surface area (Å²) in [7, 11) is 0. The molecule has 0 radical (unpaired) electrons. The lowest BCUT2D eigenvalue weighted by atomic mass is 10.1. The van der Waals surface area contributed by atoms with Crippen LogP contribution in [-0.2, 0) is 4.79 Å². The predicted octanol–water partition coefficient (Wildman–Crippen LogP) is 1.02. The zero-order valence-corrected chi connectivity index (χ0v) is 10.1. The van der Waals surface area contributed by atoms with Crippen molar-refractivity contribution < 1.29 is 19.8 Å². The fourth-order valence-electron chi connectivity index (χ4n) is 1.39. The summed E-state index contributed by atoms with van der Waals surface area (Å²) in [5, 5.41) is 20.7. The molecule has 0 aromatic carbocycles. The van der Waals surface area contributed by atoms with Crippen molar-refractivity contribution in [3.63, 3.8) is 0 Å². The molecule has 0 spiro atoms. The van der Waals surface area contributed by atoms with E-state index in [9.17, 15) is 14.7 Å². The molecule has 3 N–H and O–H groups in total. The number of carboxylic acids is 1. The number of aromatic hydroxyl groups is 1. The number of hydrogen-bond acceptors (Lipinski definition) is 4. The zero-order valence-electron chi connectivity index (χ0n) is 10.1. The van der Waals surface area contributed by atoms with Crippen molar-refractivity contribution in [2.75, 3.05) is 6.54 Å². The number of pyridine rings is 1. The Bertz CT molecular complexity index is 434. The third-order valence-electron chi connectivity index (χ3n) is 2.52. The summed E-state index contributed by atoms with van der Waals surface area (Å²) in [6.07, 6.45) is 2.47. The van der Waals surface area contributed by atoms with Crippen molar-refractivity contribution in [2.45, 2.75) is 19.8 Å². The molecule has 0 saturated heterocycles. The van der Waals surface area contributed by atoms with Gasteiger partial charge in [-0.25, -0.2) is 4.98 Å². The average Bonchev–Trinajstić information content (AvgIpc) is 2.34. The number of carbonyl (C=O) groups is 2. The first-order valence-electron chi connectivity index (χ1n) is 5.67. The van der Waals surface area contributed by atoms with E-state index in [-0.39, 0.29) is 11.4 Å². The van der Waals surface area contributed by atoms with Crippen molar-refractivity contribution in [1.29, 1.82) is 0 Å². The molecule has 0 aliphatic heterocycles. The molecular formula is C12H16N2O4. The molecule has 0 aliphatic carbocycles. The maximum absolute atomic E-state index is 11.6. The van der Waals surface area contributed by atoms with Crippen molar-refractivity contribution in [3.05, 3.63) is 24.0 Å². The Balaban J connectivity index is 2.34. The van der Waals surface area contributed by atoms with E-state index in [0.29, 0.717) is 19.4 Å². The quantitative estimate of drug-likeness (QED) is 0.656. The van der Waals surface area contributed by atoms with Gasteiger partial charge in [-0.2, -0.15) is 0 Å². The van der Waals surface area contributed by atoms with E-state index in [1.54, 1.807) is 6.92 Å². The second-order valence-corrected chi connectivity index (χ2v) is 4.01. The van der Waals surface area contributed by atoms with E-state index in [1.807, 2.05) is 0 Å². The smallest absolute Gasteiger partial charge is 0.306 e. The minimum Gasteiger partial charge on any atom is -0.505 e. The van der Waals surface area contributed by atoms with Crippen LogP contribution in [0.1, 0.15) is 30.3 Å². The molecule has 1 aromatic rings. The number of rotatable bonds is 6. The van der Waals surface area contributed by atoms with Crippen LogP contribution in [0.25, 0.3) is 0 Å². The van der Waals surface area contributed by atoms with Gasteiger partial charge in [-0.1, -0.05) is 6.92 Å². The highest BCUT2D eigenvalue weighted by molar-refractivity contribution is 5.94. The third-order valence-corrected chi connectivity index (χ3v) is 2.52. The first-order valence-corrected chi connectivity index (χ1v) is 5.67. The standard InChI is InChI=1S/C12H16N2O4/c1-8(12(17)18)4-2-7-14-11(16)10-9(15)5-3-6-13-10/h3,5-6,8,15H,2,4,7H2,1H3,(H,14,16)(H,17,18). The molecule has 98 valence electrons. The zero-order chi connectivity index (χ0) is 13.5. The van der Waals surface area contributed by atoms with Gasteiger partial charge in [-0.15, -0.1) is 0 Å². The highest BCUT2D eigenvalue weighted by atomic mass is 16.4. The largest absolute Gasteiger partial charge is 0.505 e. The highest BCUT2D eigenvalue weighted by Crippen LogP contribution is 2.12. The Hall–Kier alpha value is -2.11. The Morgan fingerprint density at radius 3 is 2.83 bits per heavy atom. The van der Waals surface area contributed by atoms with Crippen molar-refractivity contribution in [1.82, 2.24) is 10.3 Å². The molecule has 0 fully saturated rings. The minimum atomic E-state index is -0.844. The van der Waals surface area contributed by atoms with E-state index < -0.39 is 17.8 Å². The van der Waals surface area contributed by atoms with Gasteiger partial charge in [0.15, 0.2) is 5.69 Å².